The molecule has 1 N–H and O–H groups in total. The van der Waals surface area contributed by atoms with Gasteiger partial charge in [0.25, 0.3) is 0 Å². The van der Waals surface area contributed by atoms with Gasteiger partial charge in [-0.25, -0.2) is 9.78 Å². The fourth-order valence-electron chi connectivity index (χ4n) is 2.99. The predicted molar refractivity (Wildman–Crippen MR) is 93.9 cm³/mol. The highest BCUT2D eigenvalue weighted by atomic mass is 32.1. The van der Waals surface area contributed by atoms with Crippen LogP contribution in [0.1, 0.15) is 25.5 Å². The van der Waals surface area contributed by atoms with Crippen LogP contribution in [0, 0.1) is 0 Å². The molecule has 1 aliphatic rings. The molecule has 2 aromatic rings. The van der Waals surface area contributed by atoms with Crippen molar-refractivity contribution in [3.8, 4) is 0 Å². The second-order valence-electron chi connectivity index (χ2n) is 6.22. The number of urea groups is 1. The second-order valence-corrected chi connectivity index (χ2v) is 7.00. The fraction of sp³-hybridized carbons (Fsp3) is 0.562. The average molecular weight is 348 g/mol. The van der Waals surface area contributed by atoms with E-state index in [9.17, 15) is 4.79 Å². The quantitative estimate of drug-likeness (QED) is 0.895. The summed E-state index contributed by atoms with van der Waals surface area (Å²) >= 11 is 1.73. The van der Waals surface area contributed by atoms with Gasteiger partial charge in [0.1, 0.15) is 12.7 Å². The molecule has 2 atom stereocenters. The van der Waals surface area contributed by atoms with Crippen LogP contribution in [0.4, 0.5) is 4.79 Å². The molecule has 3 rings (SSSR count). The molecule has 8 heteroatoms. The number of hydrogen-bond acceptors (Lipinski definition) is 5. The van der Waals surface area contributed by atoms with E-state index in [-0.39, 0.29) is 12.1 Å². The third kappa shape index (κ3) is 4.12. The van der Waals surface area contributed by atoms with E-state index in [1.807, 2.05) is 11.8 Å². The van der Waals surface area contributed by atoms with Crippen molar-refractivity contribution < 1.29 is 4.79 Å². The van der Waals surface area contributed by atoms with Crippen LogP contribution >= 0.6 is 11.3 Å². The summed E-state index contributed by atoms with van der Waals surface area (Å²) in [7, 11) is 0. The number of rotatable bonds is 5. The minimum absolute atomic E-state index is 0.00505. The van der Waals surface area contributed by atoms with E-state index >= 15 is 0 Å². The lowest BCUT2D eigenvalue weighted by Gasteiger charge is -2.38. The standard InChI is InChI=1S/C16H24N6OS/c1-13(9-22-12-17-11-18-22)19-16(23)21-6-4-20(5-7-21)14(2)15-3-8-24-10-15/h3,8,10-14H,4-7,9H2,1-2H3,(H,19,23)/t13-,14+/m1/s1. The molecule has 0 bridgehead atoms. The summed E-state index contributed by atoms with van der Waals surface area (Å²) in [5, 5.41) is 11.4. The first-order valence-corrected chi connectivity index (χ1v) is 9.22. The van der Waals surface area contributed by atoms with Gasteiger partial charge in [-0.05, 0) is 36.2 Å². The number of thiophene rings is 1. The van der Waals surface area contributed by atoms with E-state index in [0.717, 1.165) is 26.2 Å². The Morgan fingerprint density at radius 2 is 2.12 bits per heavy atom. The van der Waals surface area contributed by atoms with Crippen molar-refractivity contribution >= 4 is 17.4 Å². The molecule has 130 valence electrons. The van der Waals surface area contributed by atoms with E-state index in [1.54, 1.807) is 22.3 Å². The van der Waals surface area contributed by atoms with E-state index in [0.29, 0.717) is 12.6 Å². The molecule has 2 aromatic heterocycles. The average Bonchev–Trinajstić information content (AvgIpc) is 3.27. The Kier molecular flexibility index (Phi) is 5.47. The molecule has 24 heavy (non-hydrogen) atoms. The lowest BCUT2D eigenvalue weighted by Crippen LogP contribution is -2.53. The fourth-order valence-corrected chi connectivity index (χ4v) is 3.74. The molecule has 0 aromatic carbocycles. The lowest BCUT2D eigenvalue weighted by molar-refractivity contribution is 0.112. The topological polar surface area (TPSA) is 66.3 Å². The monoisotopic (exact) mass is 348 g/mol. The molecule has 1 aliphatic heterocycles. The van der Waals surface area contributed by atoms with Gasteiger partial charge in [-0.3, -0.25) is 9.58 Å². The van der Waals surface area contributed by atoms with Gasteiger partial charge in [-0.2, -0.15) is 16.4 Å². The van der Waals surface area contributed by atoms with Crippen LogP contribution in [0.2, 0.25) is 0 Å². The summed E-state index contributed by atoms with van der Waals surface area (Å²) in [5.41, 5.74) is 1.36. The molecule has 0 aliphatic carbocycles. The molecular formula is C16H24N6OS. The Morgan fingerprint density at radius 3 is 2.75 bits per heavy atom. The Labute approximate surface area is 146 Å². The molecule has 1 saturated heterocycles. The van der Waals surface area contributed by atoms with Crippen LogP contribution in [0.15, 0.2) is 29.5 Å². The van der Waals surface area contributed by atoms with Crippen molar-refractivity contribution in [3.05, 3.63) is 35.0 Å². The molecule has 1 fully saturated rings. The van der Waals surface area contributed by atoms with Gasteiger partial charge in [0, 0.05) is 38.3 Å². The largest absolute Gasteiger partial charge is 0.334 e. The van der Waals surface area contributed by atoms with Crippen LogP contribution in [0.3, 0.4) is 0 Å². The number of piperazine rings is 1. The highest BCUT2D eigenvalue weighted by Crippen LogP contribution is 2.23. The van der Waals surface area contributed by atoms with Crippen LogP contribution in [-0.2, 0) is 6.54 Å². The number of carbonyl (C=O) groups is 1. The van der Waals surface area contributed by atoms with Crippen molar-refractivity contribution in [1.82, 2.24) is 29.9 Å². The molecule has 3 heterocycles. The van der Waals surface area contributed by atoms with Crippen LogP contribution < -0.4 is 5.32 Å². The summed E-state index contributed by atoms with van der Waals surface area (Å²) in [6.45, 7) is 8.17. The summed E-state index contributed by atoms with van der Waals surface area (Å²) < 4.78 is 1.73. The summed E-state index contributed by atoms with van der Waals surface area (Å²) in [6.07, 6.45) is 3.16. The van der Waals surface area contributed by atoms with Crippen molar-refractivity contribution in [3.63, 3.8) is 0 Å². The Bertz CT molecular complexity index is 621. The second kappa shape index (κ2) is 7.76. The number of aromatic nitrogens is 3. The number of nitrogens with one attached hydrogen (secondary N) is 1. The predicted octanol–water partition coefficient (Wildman–Crippen LogP) is 1.82. The minimum Gasteiger partial charge on any atom is -0.334 e. The van der Waals surface area contributed by atoms with E-state index in [1.165, 1.54) is 11.9 Å². The maximum atomic E-state index is 12.4. The summed E-state index contributed by atoms with van der Waals surface area (Å²) in [4.78, 5) is 20.6. The van der Waals surface area contributed by atoms with Crippen molar-refractivity contribution in [2.45, 2.75) is 32.5 Å². The first-order valence-electron chi connectivity index (χ1n) is 8.27. The van der Waals surface area contributed by atoms with Gasteiger partial charge in [0.05, 0.1) is 6.54 Å². The lowest BCUT2D eigenvalue weighted by atomic mass is 10.1. The summed E-state index contributed by atoms with van der Waals surface area (Å²) in [5.74, 6) is 0. The van der Waals surface area contributed by atoms with Gasteiger partial charge >= 0.3 is 6.03 Å². The zero-order chi connectivity index (χ0) is 16.9. The molecule has 0 spiro atoms. The molecule has 2 amide bonds. The Balaban J connectivity index is 1.45. The molecule has 0 saturated carbocycles. The summed E-state index contributed by atoms with van der Waals surface area (Å²) in [6, 6.07) is 2.61. The zero-order valence-corrected chi connectivity index (χ0v) is 14.9. The highest BCUT2D eigenvalue weighted by Gasteiger charge is 2.25. The zero-order valence-electron chi connectivity index (χ0n) is 14.1. The van der Waals surface area contributed by atoms with Gasteiger partial charge in [-0.1, -0.05) is 0 Å². The third-order valence-electron chi connectivity index (χ3n) is 4.47. The van der Waals surface area contributed by atoms with Gasteiger partial charge in [0.15, 0.2) is 0 Å². The number of hydrogen-bond donors (Lipinski definition) is 1. The minimum atomic E-state index is 0.00505. The molecular weight excluding hydrogens is 324 g/mol. The van der Waals surface area contributed by atoms with Gasteiger partial charge < -0.3 is 10.2 Å². The Morgan fingerprint density at radius 1 is 1.33 bits per heavy atom. The molecule has 0 radical (unpaired) electrons. The van der Waals surface area contributed by atoms with Gasteiger partial charge in [0.2, 0.25) is 0 Å². The maximum absolute atomic E-state index is 12.4. The normalized spacial score (nSPS) is 18.3. The van der Waals surface area contributed by atoms with E-state index in [2.05, 4.69) is 44.0 Å². The van der Waals surface area contributed by atoms with Crippen LogP contribution in [0.5, 0.6) is 0 Å². The number of nitrogens with zero attached hydrogens (tertiary/aromatic N) is 5. The van der Waals surface area contributed by atoms with E-state index in [4.69, 9.17) is 0 Å². The van der Waals surface area contributed by atoms with Crippen molar-refractivity contribution in [2.75, 3.05) is 26.2 Å². The first-order chi connectivity index (χ1) is 11.6. The molecule has 0 unspecified atom stereocenters. The van der Waals surface area contributed by atoms with Crippen molar-refractivity contribution in [2.24, 2.45) is 0 Å². The SMILES string of the molecule is C[C@H](Cn1cncn1)NC(=O)N1CCN([C@@H](C)c2ccsc2)CC1. The smallest absolute Gasteiger partial charge is 0.317 e. The van der Waals surface area contributed by atoms with E-state index < -0.39 is 0 Å². The first kappa shape index (κ1) is 16.9. The number of carbonyl (C=O) groups excluding carboxylic acids is 1. The Hall–Kier alpha value is -1.93. The molecule has 7 nitrogen and oxygen atoms in total. The maximum Gasteiger partial charge on any atom is 0.317 e. The number of amides is 2. The van der Waals surface area contributed by atoms with Crippen molar-refractivity contribution in [1.29, 1.82) is 0 Å². The van der Waals surface area contributed by atoms with Gasteiger partial charge in [-0.15, -0.1) is 0 Å². The van der Waals surface area contributed by atoms with Crippen LogP contribution in [0.25, 0.3) is 0 Å². The third-order valence-corrected chi connectivity index (χ3v) is 5.17. The highest BCUT2D eigenvalue weighted by molar-refractivity contribution is 7.07. The van der Waals surface area contributed by atoms with Crippen LogP contribution in [-0.4, -0.2) is 62.8 Å².